The standard InChI is InChI=1S/C12H13ClN4O3S2/c1-2-10(18)15-11-16-17-12(21-11)22(19,20)14-7-8-5-3-4-6-9(8)13/h3-6,14H,2,7H2,1H3,(H,15,16,18). The normalized spacial score (nSPS) is 11.4. The van der Waals surface area contributed by atoms with E-state index in [9.17, 15) is 13.2 Å². The first-order chi connectivity index (χ1) is 10.4. The number of sulfonamides is 1. The molecule has 7 nitrogen and oxygen atoms in total. The quantitative estimate of drug-likeness (QED) is 0.767. The molecule has 1 aromatic heterocycles. The largest absolute Gasteiger partial charge is 0.301 e. The molecule has 0 atom stereocenters. The molecule has 2 rings (SSSR count). The highest BCUT2D eigenvalue weighted by Crippen LogP contribution is 2.21. The van der Waals surface area contributed by atoms with Crippen molar-refractivity contribution in [1.82, 2.24) is 14.9 Å². The van der Waals surface area contributed by atoms with Crippen LogP contribution < -0.4 is 10.0 Å². The van der Waals surface area contributed by atoms with Crippen molar-refractivity contribution < 1.29 is 13.2 Å². The number of halogens is 1. The number of benzene rings is 1. The summed E-state index contributed by atoms with van der Waals surface area (Å²) < 4.78 is 26.4. The van der Waals surface area contributed by atoms with Crippen LogP contribution >= 0.6 is 22.9 Å². The van der Waals surface area contributed by atoms with Gasteiger partial charge in [0.05, 0.1) is 0 Å². The molecule has 0 saturated carbocycles. The Balaban J connectivity index is 2.07. The van der Waals surface area contributed by atoms with Crippen LogP contribution in [0.5, 0.6) is 0 Å². The first-order valence-corrected chi connectivity index (χ1v) is 8.96. The van der Waals surface area contributed by atoms with Crippen LogP contribution in [-0.2, 0) is 21.4 Å². The van der Waals surface area contributed by atoms with E-state index < -0.39 is 10.0 Å². The summed E-state index contributed by atoms with van der Waals surface area (Å²) in [6.45, 7) is 1.72. The lowest BCUT2D eigenvalue weighted by Gasteiger charge is -2.05. The highest BCUT2D eigenvalue weighted by molar-refractivity contribution is 7.91. The van der Waals surface area contributed by atoms with Gasteiger partial charge in [-0.2, -0.15) is 0 Å². The van der Waals surface area contributed by atoms with Gasteiger partial charge in [0.1, 0.15) is 0 Å². The smallest absolute Gasteiger partial charge is 0.270 e. The van der Waals surface area contributed by atoms with Gasteiger partial charge in [-0.05, 0) is 11.6 Å². The summed E-state index contributed by atoms with van der Waals surface area (Å²) in [6, 6.07) is 6.92. The number of nitrogens with one attached hydrogen (secondary N) is 2. The van der Waals surface area contributed by atoms with Crippen LogP contribution in [-0.4, -0.2) is 24.5 Å². The van der Waals surface area contributed by atoms with Crippen molar-refractivity contribution in [3.05, 3.63) is 34.9 Å². The van der Waals surface area contributed by atoms with Gasteiger partial charge in [-0.25, -0.2) is 13.1 Å². The molecule has 0 fully saturated rings. The molecule has 0 saturated heterocycles. The highest BCUT2D eigenvalue weighted by Gasteiger charge is 2.20. The third kappa shape index (κ3) is 4.23. The Hall–Kier alpha value is -1.55. The third-order valence-corrected chi connectivity index (χ3v) is 5.59. The maximum atomic E-state index is 12.1. The molecule has 0 aliphatic heterocycles. The Morgan fingerprint density at radius 1 is 1.32 bits per heavy atom. The van der Waals surface area contributed by atoms with E-state index in [1.54, 1.807) is 31.2 Å². The van der Waals surface area contributed by atoms with Gasteiger partial charge < -0.3 is 5.32 Å². The zero-order valence-corrected chi connectivity index (χ0v) is 13.9. The number of nitrogens with zero attached hydrogens (tertiary/aromatic N) is 2. The summed E-state index contributed by atoms with van der Waals surface area (Å²) in [6.07, 6.45) is 0.270. The van der Waals surface area contributed by atoms with Gasteiger partial charge in [0.2, 0.25) is 15.4 Å². The Morgan fingerprint density at radius 3 is 2.73 bits per heavy atom. The first kappa shape index (κ1) is 16.8. The number of amides is 1. The fourth-order valence-corrected chi connectivity index (χ4v) is 3.62. The molecule has 118 valence electrons. The number of rotatable bonds is 6. The average Bonchev–Trinajstić information content (AvgIpc) is 2.95. The zero-order chi connectivity index (χ0) is 16.2. The van der Waals surface area contributed by atoms with E-state index >= 15 is 0 Å². The molecule has 1 heterocycles. The summed E-state index contributed by atoms with van der Waals surface area (Å²) in [7, 11) is -3.81. The maximum Gasteiger partial charge on any atom is 0.270 e. The van der Waals surface area contributed by atoms with Crippen molar-refractivity contribution >= 4 is 44.0 Å². The van der Waals surface area contributed by atoms with Crippen molar-refractivity contribution in [3.8, 4) is 0 Å². The van der Waals surface area contributed by atoms with Crippen LogP contribution in [0.2, 0.25) is 5.02 Å². The van der Waals surface area contributed by atoms with Crippen LogP contribution in [0.25, 0.3) is 0 Å². The van der Waals surface area contributed by atoms with Gasteiger partial charge >= 0.3 is 0 Å². The lowest BCUT2D eigenvalue weighted by molar-refractivity contribution is -0.115. The molecule has 1 amide bonds. The molecule has 0 aliphatic rings. The van der Waals surface area contributed by atoms with Crippen molar-refractivity contribution in [2.24, 2.45) is 0 Å². The van der Waals surface area contributed by atoms with Crippen molar-refractivity contribution in [2.75, 3.05) is 5.32 Å². The molecule has 0 radical (unpaired) electrons. The fourth-order valence-electron chi connectivity index (χ4n) is 1.45. The lowest BCUT2D eigenvalue weighted by Crippen LogP contribution is -2.23. The second-order valence-electron chi connectivity index (χ2n) is 4.19. The zero-order valence-electron chi connectivity index (χ0n) is 11.5. The summed E-state index contributed by atoms with van der Waals surface area (Å²) in [5.41, 5.74) is 0.650. The number of hydrogen-bond acceptors (Lipinski definition) is 6. The Morgan fingerprint density at radius 2 is 2.05 bits per heavy atom. The first-order valence-electron chi connectivity index (χ1n) is 6.29. The van der Waals surface area contributed by atoms with E-state index in [0.717, 1.165) is 11.3 Å². The number of aromatic nitrogens is 2. The molecular formula is C12H13ClN4O3S2. The predicted octanol–water partition coefficient (Wildman–Crippen LogP) is 2.02. The van der Waals surface area contributed by atoms with Gasteiger partial charge in [0, 0.05) is 18.0 Å². The Kier molecular flexibility index (Phi) is 5.46. The minimum absolute atomic E-state index is 0.0399. The molecule has 0 aliphatic carbocycles. The number of carbonyl (C=O) groups excluding carboxylic acids is 1. The second kappa shape index (κ2) is 7.14. The van der Waals surface area contributed by atoms with Crippen LogP contribution in [0.3, 0.4) is 0 Å². The molecule has 0 spiro atoms. The van der Waals surface area contributed by atoms with Gasteiger partial charge in [0.15, 0.2) is 0 Å². The summed E-state index contributed by atoms with van der Waals surface area (Å²) in [4.78, 5) is 11.2. The van der Waals surface area contributed by atoms with Gasteiger partial charge in [-0.1, -0.05) is 48.1 Å². The van der Waals surface area contributed by atoms with Crippen molar-refractivity contribution in [2.45, 2.75) is 24.2 Å². The fraction of sp³-hybridized carbons (Fsp3) is 0.250. The number of anilines is 1. The SMILES string of the molecule is CCC(=O)Nc1nnc(S(=O)(=O)NCc2ccccc2Cl)s1. The van der Waals surface area contributed by atoms with Gasteiger partial charge in [-0.15, -0.1) is 10.2 Å². The second-order valence-corrected chi connectivity index (χ2v) is 7.52. The van der Waals surface area contributed by atoms with Crippen LogP contribution in [0.4, 0.5) is 5.13 Å². The molecule has 0 bridgehead atoms. The molecule has 2 aromatic rings. The molecular weight excluding hydrogens is 348 g/mol. The minimum atomic E-state index is -3.81. The van der Waals surface area contributed by atoms with Crippen LogP contribution in [0.15, 0.2) is 28.6 Å². The van der Waals surface area contributed by atoms with E-state index in [2.05, 4.69) is 20.2 Å². The lowest BCUT2D eigenvalue weighted by atomic mass is 10.2. The molecule has 2 N–H and O–H groups in total. The highest BCUT2D eigenvalue weighted by atomic mass is 35.5. The van der Waals surface area contributed by atoms with Crippen LogP contribution in [0, 0.1) is 0 Å². The predicted molar refractivity (Wildman–Crippen MR) is 84.3 cm³/mol. The monoisotopic (exact) mass is 360 g/mol. The van der Waals surface area contributed by atoms with E-state index in [0.29, 0.717) is 10.6 Å². The Bertz CT molecular complexity index is 776. The molecule has 0 unspecified atom stereocenters. The van der Waals surface area contributed by atoms with E-state index in [1.807, 2.05) is 0 Å². The molecule has 22 heavy (non-hydrogen) atoms. The van der Waals surface area contributed by atoms with Crippen molar-refractivity contribution in [3.63, 3.8) is 0 Å². The summed E-state index contributed by atoms with van der Waals surface area (Å²) >= 11 is 6.75. The molecule has 1 aromatic carbocycles. The van der Waals surface area contributed by atoms with Gasteiger partial charge in [0.25, 0.3) is 10.0 Å². The van der Waals surface area contributed by atoms with E-state index in [4.69, 9.17) is 11.6 Å². The topological polar surface area (TPSA) is 101 Å². The van der Waals surface area contributed by atoms with Gasteiger partial charge in [-0.3, -0.25) is 4.79 Å². The Labute approximate surface area is 136 Å². The van der Waals surface area contributed by atoms with E-state index in [-0.39, 0.29) is 28.3 Å². The third-order valence-electron chi connectivity index (χ3n) is 2.61. The number of hydrogen-bond donors (Lipinski definition) is 2. The molecule has 10 heteroatoms. The van der Waals surface area contributed by atoms with Crippen LogP contribution in [0.1, 0.15) is 18.9 Å². The maximum absolute atomic E-state index is 12.1. The minimum Gasteiger partial charge on any atom is -0.301 e. The average molecular weight is 361 g/mol. The number of carbonyl (C=O) groups is 1. The summed E-state index contributed by atoms with van der Waals surface area (Å²) in [5.74, 6) is -0.260. The summed E-state index contributed by atoms with van der Waals surface area (Å²) in [5, 5.41) is 10.3. The van der Waals surface area contributed by atoms with Crippen molar-refractivity contribution in [1.29, 1.82) is 0 Å². The van der Waals surface area contributed by atoms with E-state index in [1.165, 1.54) is 0 Å².